The van der Waals surface area contributed by atoms with Gasteiger partial charge in [0.15, 0.2) is 0 Å². The van der Waals surface area contributed by atoms with Crippen LogP contribution < -0.4 is 15.9 Å². The van der Waals surface area contributed by atoms with Crippen LogP contribution in [0.5, 0.6) is 0 Å². The van der Waals surface area contributed by atoms with Crippen molar-refractivity contribution in [3.63, 3.8) is 0 Å². The Balaban J connectivity index is 1.98. The Morgan fingerprint density at radius 3 is 2.67 bits per heavy atom. The highest BCUT2D eigenvalue weighted by atomic mass is 16.1. The molecule has 3 heterocycles. The van der Waals surface area contributed by atoms with Gasteiger partial charge in [0.2, 0.25) is 0 Å². The van der Waals surface area contributed by atoms with Crippen LogP contribution in [0.3, 0.4) is 0 Å². The third kappa shape index (κ3) is 2.27. The van der Waals surface area contributed by atoms with Gasteiger partial charge in [-0.15, -0.1) is 0 Å². The Hall–Kier alpha value is -1.36. The van der Waals surface area contributed by atoms with E-state index in [-0.39, 0.29) is 5.69 Å². The number of rotatable bonds is 1. The molecule has 98 valence electrons. The van der Waals surface area contributed by atoms with E-state index < -0.39 is 0 Å². The highest BCUT2D eigenvalue weighted by molar-refractivity contribution is 5.49. The van der Waals surface area contributed by atoms with E-state index in [1.165, 1.54) is 31.2 Å². The second-order valence-corrected chi connectivity index (χ2v) is 5.15. The van der Waals surface area contributed by atoms with Gasteiger partial charge in [-0.05, 0) is 12.8 Å². The normalized spacial score (nSPS) is 20.3. The second kappa shape index (κ2) is 5.10. The van der Waals surface area contributed by atoms with Gasteiger partial charge in [-0.2, -0.15) is 4.98 Å². The predicted octanol–water partition coefficient (Wildman–Crippen LogP) is 0.796. The number of anilines is 1. The Labute approximate surface area is 107 Å². The third-order valence-corrected chi connectivity index (χ3v) is 3.86. The van der Waals surface area contributed by atoms with E-state index in [9.17, 15) is 4.79 Å². The molecule has 2 aliphatic heterocycles. The molecule has 0 radical (unpaired) electrons. The largest absolute Gasteiger partial charge is 0.356 e. The molecule has 0 aromatic carbocycles. The molecule has 2 N–H and O–H groups in total. The molecular formula is C13H20N4O. The zero-order valence-corrected chi connectivity index (χ0v) is 10.7. The molecule has 5 nitrogen and oxygen atoms in total. The van der Waals surface area contributed by atoms with Crippen molar-refractivity contribution in [2.45, 2.75) is 38.6 Å². The van der Waals surface area contributed by atoms with Crippen molar-refractivity contribution in [2.24, 2.45) is 0 Å². The van der Waals surface area contributed by atoms with Crippen molar-refractivity contribution in [1.82, 2.24) is 15.3 Å². The zero-order valence-electron chi connectivity index (χ0n) is 10.7. The van der Waals surface area contributed by atoms with Crippen LogP contribution in [0.15, 0.2) is 4.79 Å². The minimum Gasteiger partial charge on any atom is -0.356 e. The van der Waals surface area contributed by atoms with Gasteiger partial charge < -0.3 is 15.2 Å². The first-order valence-corrected chi connectivity index (χ1v) is 6.92. The smallest absolute Gasteiger partial charge is 0.347 e. The lowest BCUT2D eigenvalue weighted by Gasteiger charge is -2.27. The molecule has 0 aliphatic carbocycles. The molecule has 18 heavy (non-hydrogen) atoms. The van der Waals surface area contributed by atoms with E-state index in [1.807, 2.05) is 0 Å². The number of fused-ring (bicyclic) bond motifs is 1. The monoisotopic (exact) mass is 248 g/mol. The average molecular weight is 248 g/mol. The molecule has 0 amide bonds. The van der Waals surface area contributed by atoms with Crippen molar-refractivity contribution < 1.29 is 0 Å². The van der Waals surface area contributed by atoms with Crippen LogP contribution >= 0.6 is 0 Å². The molecule has 1 fully saturated rings. The van der Waals surface area contributed by atoms with Gasteiger partial charge in [0, 0.05) is 43.9 Å². The predicted molar refractivity (Wildman–Crippen MR) is 70.9 cm³/mol. The lowest BCUT2D eigenvalue weighted by molar-refractivity contribution is 0.616. The molecule has 3 rings (SSSR count). The summed E-state index contributed by atoms with van der Waals surface area (Å²) < 4.78 is 0. The quantitative estimate of drug-likeness (QED) is 0.771. The summed E-state index contributed by atoms with van der Waals surface area (Å²) in [5.74, 6) is 0.919. The van der Waals surface area contributed by atoms with Crippen LogP contribution in [0, 0.1) is 0 Å². The molecular weight excluding hydrogens is 228 g/mol. The fourth-order valence-electron chi connectivity index (χ4n) is 2.90. The van der Waals surface area contributed by atoms with Crippen molar-refractivity contribution in [2.75, 3.05) is 24.5 Å². The molecule has 0 atom stereocenters. The third-order valence-electron chi connectivity index (χ3n) is 3.86. The first-order chi connectivity index (χ1) is 8.84. The molecule has 0 spiro atoms. The number of nitrogens with one attached hydrogen (secondary N) is 2. The van der Waals surface area contributed by atoms with Crippen molar-refractivity contribution in [3.05, 3.63) is 21.7 Å². The lowest BCUT2D eigenvalue weighted by atomic mass is 10.1. The topological polar surface area (TPSA) is 61.0 Å². The van der Waals surface area contributed by atoms with Crippen LogP contribution in [-0.2, 0) is 13.0 Å². The maximum absolute atomic E-state index is 11.7. The molecule has 5 heteroatoms. The van der Waals surface area contributed by atoms with Crippen molar-refractivity contribution >= 4 is 5.82 Å². The van der Waals surface area contributed by atoms with Gasteiger partial charge in [0.1, 0.15) is 5.82 Å². The van der Waals surface area contributed by atoms with E-state index in [1.54, 1.807) is 0 Å². The standard InChI is InChI=1S/C13H20N4O/c18-13-15-11-5-6-14-9-10(11)12(16-13)17-7-3-1-2-4-8-17/h14H,1-9H2,(H,15,16,18). The molecule has 0 unspecified atom stereocenters. The van der Waals surface area contributed by atoms with Crippen LogP contribution in [-0.4, -0.2) is 29.6 Å². The first kappa shape index (κ1) is 11.7. The summed E-state index contributed by atoms with van der Waals surface area (Å²) in [6.45, 7) is 3.82. The maximum atomic E-state index is 11.7. The Morgan fingerprint density at radius 1 is 1.11 bits per heavy atom. The van der Waals surface area contributed by atoms with E-state index in [0.717, 1.165) is 44.1 Å². The average Bonchev–Trinajstić information content (AvgIpc) is 2.66. The van der Waals surface area contributed by atoms with E-state index in [0.29, 0.717) is 0 Å². The van der Waals surface area contributed by atoms with Crippen LogP contribution in [0.1, 0.15) is 36.9 Å². The summed E-state index contributed by atoms with van der Waals surface area (Å²) in [5.41, 5.74) is 2.07. The molecule has 0 bridgehead atoms. The van der Waals surface area contributed by atoms with E-state index >= 15 is 0 Å². The van der Waals surface area contributed by atoms with Gasteiger partial charge in [-0.1, -0.05) is 12.8 Å². The lowest BCUT2D eigenvalue weighted by Crippen LogP contribution is -2.34. The van der Waals surface area contributed by atoms with E-state index in [2.05, 4.69) is 20.2 Å². The van der Waals surface area contributed by atoms with Gasteiger partial charge in [0.25, 0.3) is 0 Å². The molecule has 1 aromatic heterocycles. The Bertz CT molecular complexity index is 474. The number of hydrogen-bond acceptors (Lipinski definition) is 4. The Kier molecular flexibility index (Phi) is 3.32. The summed E-state index contributed by atoms with van der Waals surface area (Å²) in [4.78, 5) is 21.1. The van der Waals surface area contributed by atoms with Crippen molar-refractivity contribution in [1.29, 1.82) is 0 Å². The number of aromatic amines is 1. The number of nitrogens with zero attached hydrogens (tertiary/aromatic N) is 2. The molecule has 2 aliphatic rings. The van der Waals surface area contributed by atoms with Crippen molar-refractivity contribution in [3.8, 4) is 0 Å². The van der Waals surface area contributed by atoms with Gasteiger partial charge in [-0.25, -0.2) is 4.79 Å². The minimum atomic E-state index is -0.199. The summed E-state index contributed by atoms with van der Waals surface area (Å²) in [7, 11) is 0. The summed E-state index contributed by atoms with van der Waals surface area (Å²) in [5, 5.41) is 3.37. The first-order valence-electron chi connectivity index (χ1n) is 6.92. The minimum absolute atomic E-state index is 0.199. The fraction of sp³-hybridized carbons (Fsp3) is 0.692. The summed E-state index contributed by atoms with van der Waals surface area (Å²) in [6.07, 6.45) is 5.89. The van der Waals surface area contributed by atoms with Gasteiger partial charge >= 0.3 is 5.69 Å². The summed E-state index contributed by atoms with van der Waals surface area (Å²) in [6, 6.07) is 0. The van der Waals surface area contributed by atoms with Crippen LogP contribution in [0.25, 0.3) is 0 Å². The highest BCUT2D eigenvalue weighted by Crippen LogP contribution is 2.23. The molecule has 0 saturated carbocycles. The molecule has 1 saturated heterocycles. The molecule has 1 aromatic rings. The number of aromatic nitrogens is 2. The van der Waals surface area contributed by atoms with Crippen LogP contribution in [0.2, 0.25) is 0 Å². The number of hydrogen-bond donors (Lipinski definition) is 2. The highest BCUT2D eigenvalue weighted by Gasteiger charge is 2.20. The zero-order chi connectivity index (χ0) is 12.4. The maximum Gasteiger partial charge on any atom is 0.347 e. The van der Waals surface area contributed by atoms with Crippen LogP contribution in [0.4, 0.5) is 5.82 Å². The van der Waals surface area contributed by atoms with E-state index in [4.69, 9.17) is 0 Å². The fourth-order valence-corrected chi connectivity index (χ4v) is 2.90. The SMILES string of the molecule is O=c1nc(N2CCCCCC2)c2c([nH]1)CCNC2. The second-order valence-electron chi connectivity index (χ2n) is 5.15. The Morgan fingerprint density at radius 2 is 1.89 bits per heavy atom. The number of H-pyrrole nitrogens is 1. The van der Waals surface area contributed by atoms with Gasteiger partial charge in [0.05, 0.1) is 0 Å². The van der Waals surface area contributed by atoms with Gasteiger partial charge in [-0.3, -0.25) is 0 Å². The summed E-state index contributed by atoms with van der Waals surface area (Å²) >= 11 is 0.